The fourth-order valence-electron chi connectivity index (χ4n) is 1.67. The van der Waals surface area contributed by atoms with Crippen molar-refractivity contribution in [1.82, 2.24) is 9.80 Å². The number of carboxylic acids is 1. The predicted octanol–water partition coefficient (Wildman–Crippen LogP) is 1.88. The molecule has 0 rings (SSSR count). The minimum Gasteiger partial charge on any atom is -0.480 e. The molecule has 0 aliphatic heterocycles. The summed E-state index contributed by atoms with van der Waals surface area (Å²) < 4.78 is 0. The van der Waals surface area contributed by atoms with Gasteiger partial charge in [0.25, 0.3) is 0 Å². The van der Waals surface area contributed by atoms with Gasteiger partial charge in [-0.15, -0.1) is 0 Å². The van der Waals surface area contributed by atoms with E-state index in [0.29, 0.717) is 19.6 Å². The van der Waals surface area contributed by atoms with Gasteiger partial charge in [0.2, 0.25) is 0 Å². The first kappa shape index (κ1) is 15.7. The maximum Gasteiger partial charge on any atom is 0.323 e. The third-order valence-electron chi connectivity index (χ3n) is 2.33. The van der Waals surface area contributed by atoms with Crippen LogP contribution in [0.2, 0.25) is 0 Å². The molecule has 0 saturated carbocycles. The molecule has 5 heteroatoms. The number of nitrogens with zero attached hydrogens (tertiary/aromatic N) is 2. The zero-order valence-electron chi connectivity index (χ0n) is 11.3. The molecule has 0 bridgehead atoms. The molecule has 0 aromatic heterocycles. The Balaban J connectivity index is 4.64. The number of carbonyl (C=O) groups excluding carboxylic acids is 1. The second-order valence-corrected chi connectivity index (χ2v) is 4.53. The third-order valence-corrected chi connectivity index (χ3v) is 2.33. The van der Waals surface area contributed by atoms with Gasteiger partial charge in [0, 0.05) is 19.6 Å². The van der Waals surface area contributed by atoms with E-state index in [1.165, 1.54) is 4.90 Å². The molecule has 100 valence electrons. The summed E-state index contributed by atoms with van der Waals surface area (Å²) in [5.41, 5.74) is 0. The molecule has 0 saturated heterocycles. The van der Waals surface area contributed by atoms with E-state index in [9.17, 15) is 9.59 Å². The van der Waals surface area contributed by atoms with Crippen LogP contribution >= 0.6 is 0 Å². The molecule has 0 radical (unpaired) electrons. The smallest absolute Gasteiger partial charge is 0.323 e. The van der Waals surface area contributed by atoms with Gasteiger partial charge in [-0.1, -0.05) is 20.8 Å². The molecule has 17 heavy (non-hydrogen) atoms. The van der Waals surface area contributed by atoms with E-state index in [0.717, 1.165) is 6.42 Å². The molecule has 0 aromatic rings. The highest BCUT2D eigenvalue weighted by atomic mass is 16.4. The molecule has 0 aliphatic carbocycles. The number of carbonyl (C=O) groups is 2. The first-order valence-corrected chi connectivity index (χ1v) is 6.17. The number of aliphatic carboxylic acids is 1. The molecular formula is C12H24N2O3. The Morgan fingerprint density at radius 1 is 1.18 bits per heavy atom. The highest BCUT2D eigenvalue weighted by molar-refractivity contribution is 5.80. The Kier molecular flexibility index (Phi) is 7.34. The number of hydrogen-bond donors (Lipinski definition) is 1. The van der Waals surface area contributed by atoms with Crippen molar-refractivity contribution in [2.24, 2.45) is 5.92 Å². The topological polar surface area (TPSA) is 60.9 Å². The van der Waals surface area contributed by atoms with E-state index in [1.807, 2.05) is 27.7 Å². The molecule has 0 heterocycles. The van der Waals surface area contributed by atoms with Crippen molar-refractivity contribution in [3.8, 4) is 0 Å². The SMILES string of the molecule is CCCN(CC)C(=O)N(CC(=O)O)CC(C)C. The van der Waals surface area contributed by atoms with Gasteiger partial charge >= 0.3 is 12.0 Å². The molecule has 0 aliphatic rings. The van der Waals surface area contributed by atoms with Crippen molar-refractivity contribution in [3.05, 3.63) is 0 Å². The van der Waals surface area contributed by atoms with Gasteiger partial charge in [0.15, 0.2) is 0 Å². The molecule has 0 spiro atoms. The van der Waals surface area contributed by atoms with Crippen LogP contribution in [-0.2, 0) is 4.79 Å². The number of rotatable bonds is 7. The highest BCUT2D eigenvalue weighted by Crippen LogP contribution is 2.05. The van der Waals surface area contributed by atoms with Gasteiger partial charge in [0.1, 0.15) is 6.54 Å². The second kappa shape index (κ2) is 7.92. The minimum atomic E-state index is -0.966. The van der Waals surface area contributed by atoms with Gasteiger partial charge in [-0.2, -0.15) is 0 Å². The third kappa shape index (κ3) is 6.14. The van der Waals surface area contributed by atoms with Gasteiger partial charge < -0.3 is 14.9 Å². The zero-order valence-corrected chi connectivity index (χ0v) is 11.3. The van der Waals surface area contributed by atoms with E-state index in [1.54, 1.807) is 4.90 Å². The van der Waals surface area contributed by atoms with Gasteiger partial charge in [-0.25, -0.2) is 4.79 Å². The van der Waals surface area contributed by atoms with Crippen LogP contribution in [0.25, 0.3) is 0 Å². The van der Waals surface area contributed by atoms with E-state index < -0.39 is 5.97 Å². The Labute approximate surface area is 103 Å². The van der Waals surface area contributed by atoms with Crippen LogP contribution in [0.15, 0.2) is 0 Å². The number of hydrogen-bond acceptors (Lipinski definition) is 2. The summed E-state index contributed by atoms with van der Waals surface area (Å²) in [4.78, 5) is 26.0. The summed E-state index contributed by atoms with van der Waals surface area (Å²) in [7, 11) is 0. The Hall–Kier alpha value is -1.26. The largest absolute Gasteiger partial charge is 0.480 e. The fraction of sp³-hybridized carbons (Fsp3) is 0.833. The summed E-state index contributed by atoms with van der Waals surface area (Å²) in [6.07, 6.45) is 0.877. The summed E-state index contributed by atoms with van der Waals surface area (Å²) >= 11 is 0. The first-order chi connectivity index (χ1) is 7.92. The zero-order chi connectivity index (χ0) is 13.4. The lowest BCUT2D eigenvalue weighted by Gasteiger charge is -2.29. The standard InChI is InChI=1S/C12H24N2O3/c1-5-7-13(6-2)12(17)14(8-10(3)4)9-11(15)16/h10H,5-9H2,1-4H3,(H,15,16). The van der Waals surface area contributed by atoms with Crippen LogP contribution in [-0.4, -0.2) is 53.1 Å². The molecule has 0 fully saturated rings. The monoisotopic (exact) mass is 244 g/mol. The molecular weight excluding hydrogens is 220 g/mol. The molecule has 0 aromatic carbocycles. The number of carboxylic acid groups (broad SMARTS) is 1. The number of urea groups is 1. The van der Waals surface area contributed by atoms with Crippen LogP contribution in [0.5, 0.6) is 0 Å². The molecule has 2 amide bonds. The maximum atomic E-state index is 12.1. The Morgan fingerprint density at radius 2 is 1.76 bits per heavy atom. The number of amides is 2. The van der Waals surface area contributed by atoms with Crippen LogP contribution < -0.4 is 0 Å². The van der Waals surface area contributed by atoms with Crippen LogP contribution in [0.3, 0.4) is 0 Å². The summed E-state index contributed by atoms with van der Waals surface area (Å²) in [5.74, 6) is -0.704. The second-order valence-electron chi connectivity index (χ2n) is 4.53. The van der Waals surface area contributed by atoms with Gasteiger partial charge in [-0.05, 0) is 19.3 Å². The van der Waals surface area contributed by atoms with Crippen LogP contribution in [0.4, 0.5) is 4.79 Å². The summed E-state index contributed by atoms with van der Waals surface area (Å²) in [6.45, 7) is 9.38. The van der Waals surface area contributed by atoms with Crippen LogP contribution in [0.1, 0.15) is 34.1 Å². The lowest BCUT2D eigenvalue weighted by molar-refractivity contribution is -0.137. The minimum absolute atomic E-state index is 0.176. The van der Waals surface area contributed by atoms with Gasteiger partial charge in [-0.3, -0.25) is 4.79 Å². The quantitative estimate of drug-likeness (QED) is 0.744. The molecule has 0 atom stereocenters. The van der Waals surface area contributed by atoms with Crippen molar-refractivity contribution in [1.29, 1.82) is 0 Å². The van der Waals surface area contributed by atoms with E-state index in [-0.39, 0.29) is 18.5 Å². The van der Waals surface area contributed by atoms with Crippen molar-refractivity contribution >= 4 is 12.0 Å². The van der Waals surface area contributed by atoms with E-state index in [4.69, 9.17) is 5.11 Å². The van der Waals surface area contributed by atoms with E-state index in [2.05, 4.69) is 0 Å². The van der Waals surface area contributed by atoms with Crippen molar-refractivity contribution in [2.75, 3.05) is 26.2 Å². The van der Waals surface area contributed by atoms with Crippen molar-refractivity contribution in [3.63, 3.8) is 0 Å². The van der Waals surface area contributed by atoms with Crippen molar-refractivity contribution in [2.45, 2.75) is 34.1 Å². The average molecular weight is 244 g/mol. The van der Waals surface area contributed by atoms with Gasteiger partial charge in [0.05, 0.1) is 0 Å². The molecule has 5 nitrogen and oxygen atoms in total. The maximum absolute atomic E-state index is 12.1. The van der Waals surface area contributed by atoms with E-state index >= 15 is 0 Å². The predicted molar refractivity (Wildman–Crippen MR) is 67.0 cm³/mol. The van der Waals surface area contributed by atoms with Crippen LogP contribution in [0, 0.1) is 5.92 Å². The summed E-state index contributed by atoms with van der Waals surface area (Å²) in [5, 5.41) is 8.82. The summed E-state index contributed by atoms with van der Waals surface area (Å²) in [6, 6.07) is -0.176. The average Bonchev–Trinajstić information content (AvgIpc) is 2.22. The Bertz CT molecular complexity index is 254. The first-order valence-electron chi connectivity index (χ1n) is 6.17. The molecule has 0 unspecified atom stereocenters. The lowest BCUT2D eigenvalue weighted by Crippen LogP contribution is -2.47. The highest BCUT2D eigenvalue weighted by Gasteiger charge is 2.21. The fourth-order valence-corrected chi connectivity index (χ4v) is 1.67. The molecule has 1 N–H and O–H groups in total. The Morgan fingerprint density at radius 3 is 2.12 bits per heavy atom. The van der Waals surface area contributed by atoms with Crippen molar-refractivity contribution < 1.29 is 14.7 Å². The lowest BCUT2D eigenvalue weighted by atomic mass is 10.2. The normalized spacial score (nSPS) is 10.4.